The molecule has 0 aliphatic rings. The number of rotatable bonds is 13. The summed E-state index contributed by atoms with van der Waals surface area (Å²) < 4.78 is 21.3. The van der Waals surface area contributed by atoms with Crippen molar-refractivity contribution in [2.45, 2.75) is 58.8 Å². The van der Waals surface area contributed by atoms with E-state index in [0.717, 1.165) is 25.7 Å². The van der Waals surface area contributed by atoms with E-state index in [1.807, 2.05) is 0 Å². The molecule has 0 radical (unpaired) electrons. The zero-order chi connectivity index (χ0) is 20.2. The van der Waals surface area contributed by atoms with Gasteiger partial charge in [0.05, 0.1) is 39.9 Å². The number of ketones is 1. The molecule has 6 heteroatoms. The van der Waals surface area contributed by atoms with Crippen LogP contribution in [0.3, 0.4) is 0 Å². The van der Waals surface area contributed by atoms with Crippen LogP contribution >= 0.6 is 0 Å². The molecule has 0 aliphatic heterocycles. The highest BCUT2D eigenvalue weighted by Crippen LogP contribution is 2.43. The van der Waals surface area contributed by atoms with Gasteiger partial charge in [0.1, 0.15) is 0 Å². The Morgan fingerprint density at radius 2 is 1.56 bits per heavy atom. The number of hydrogen-bond acceptors (Lipinski definition) is 6. The van der Waals surface area contributed by atoms with Crippen molar-refractivity contribution in [2.24, 2.45) is 0 Å². The Morgan fingerprint density at radius 1 is 0.889 bits per heavy atom. The van der Waals surface area contributed by atoms with Crippen molar-refractivity contribution in [3.63, 3.8) is 0 Å². The lowest BCUT2D eigenvalue weighted by Crippen LogP contribution is -2.14. The van der Waals surface area contributed by atoms with Crippen molar-refractivity contribution >= 4 is 11.8 Å². The van der Waals surface area contributed by atoms with Crippen LogP contribution in [0.2, 0.25) is 0 Å². The smallest absolute Gasteiger partial charge is 0.310 e. The third-order valence-electron chi connectivity index (χ3n) is 4.34. The van der Waals surface area contributed by atoms with E-state index in [9.17, 15) is 9.59 Å². The molecule has 0 N–H and O–H groups in total. The van der Waals surface area contributed by atoms with E-state index >= 15 is 0 Å². The molecular weight excluding hydrogens is 348 g/mol. The summed E-state index contributed by atoms with van der Waals surface area (Å²) in [5.74, 6) is 0.595. The van der Waals surface area contributed by atoms with E-state index in [0.29, 0.717) is 34.8 Å². The lowest BCUT2D eigenvalue weighted by atomic mass is 9.95. The van der Waals surface area contributed by atoms with Crippen LogP contribution < -0.4 is 14.2 Å². The molecule has 1 rings (SSSR count). The zero-order valence-corrected chi connectivity index (χ0v) is 17.2. The Labute approximate surface area is 162 Å². The molecule has 1 aromatic rings. The molecule has 27 heavy (non-hydrogen) atoms. The Balaban J connectivity index is 3.22. The van der Waals surface area contributed by atoms with Crippen molar-refractivity contribution in [3.8, 4) is 17.2 Å². The number of unbranched alkanes of at least 4 members (excludes halogenated alkanes) is 4. The SMILES string of the molecule is CCCCCCCC(=O)c1c(CC(=O)OCC)cc(OC)c(OC)c1OC. The van der Waals surface area contributed by atoms with E-state index in [1.54, 1.807) is 13.0 Å². The molecule has 0 atom stereocenters. The minimum Gasteiger partial charge on any atom is -0.493 e. The number of methoxy groups -OCH3 is 3. The number of carbonyl (C=O) groups excluding carboxylic acids is 2. The van der Waals surface area contributed by atoms with Gasteiger partial charge in [0.25, 0.3) is 0 Å². The van der Waals surface area contributed by atoms with Crippen LogP contribution in [0.25, 0.3) is 0 Å². The van der Waals surface area contributed by atoms with Gasteiger partial charge in [-0.1, -0.05) is 32.6 Å². The fraction of sp³-hybridized carbons (Fsp3) is 0.619. The van der Waals surface area contributed by atoms with Gasteiger partial charge in [0.15, 0.2) is 17.3 Å². The van der Waals surface area contributed by atoms with Gasteiger partial charge < -0.3 is 18.9 Å². The highest BCUT2D eigenvalue weighted by Gasteiger charge is 2.26. The standard InChI is InChI=1S/C21H32O6/c1-6-8-9-10-11-12-16(22)19-15(14-18(23)27-7-2)13-17(24-3)20(25-4)21(19)26-5/h13H,6-12,14H2,1-5H3. The lowest BCUT2D eigenvalue weighted by Gasteiger charge is -2.19. The summed E-state index contributed by atoms with van der Waals surface area (Å²) in [5, 5.41) is 0. The van der Waals surface area contributed by atoms with Crippen LogP contribution in [0.5, 0.6) is 17.2 Å². The fourth-order valence-electron chi connectivity index (χ4n) is 3.03. The summed E-state index contributed by atoms with van der Waals surface area (Å²) >= 11 is 0. The van der Waals surface area contributed by atoms with Crippen LogP contribution in [0.1, 0.15) is 68.3 Å². The van der Waals surface area contributed by atoms with E-state index in [-0.39, 0.29) is 18.8 Å². The first-order valence-corrected chi connectivity index (χ1v) is 9.54. The maximum absolute atomic E-state index is 13.0. The average Bonchev–Trinajstić information content (AvgIpc) is 2.66. The summed E-state index contributed by atoms with van der Waals surface area (Å²) in [7, 11) is 4.47. The third kappa shape index (κ3) is 6.45. The molecule has 0 unspecified atom stereocenters. The predicted molar refractivity (Wildman–Crippen MR) is 104 cm³/mol. The minimum atomic E-state index is -0.399. The van der Waals surface area contributed by atoms with E-state index < -0.39 is 5.97 Å². The molecule has 0 saturated carbocycles. The van der Waals surface area contributed by atoms with Crippen LogP contribution in [0.4, 0.5) is 0 Å². The molecule has 1 aromatic carbocycles. The number of hydrogen-bond donors (Lipinski definition) is 0. The highest BCUT2D eigenvalue weighted by atomic mass is 16.5. The number of Topliss-reactive ketones (excluding diaryl/α,β-unsaturated/α-hetero) is 1. The average molecular weight is 380 g/mol. The molecule has 0 spiro atoms. The van der Waals surface area contributed by atoms with Crippen LogP contribution in [0, 0.1) is 0 Å². The van der Waals surface area contributed by atoms with E-state index in [1.165, 1.54) is 27.8 Å². The van der Waals surface area contributed by atoms with E-state index in [2.05, 4.69) is 6.92 Å². The van der Waals surface area contributed by atoms with Gasteiger partial charge >= 0.3 is 5.97 Å². The molecule has 0 amide bonds. The Morgan fingerprint density at radius 3 is 2.11 bits per heavy atom. The van der Waals surface area contributed by atoms with Crippen molar-refractivity contribution in [1.82, 2.24) is 0 Å². The van der Waals surface area contributed by atoms with Crippen molar-refractivity contribution in [3.05, 3.63) is 17.2 Å². The van der Waals surface area contributed by atoms with Crippen molar-refractivity contribution in [1.29, 1.82) is 0 Å². The minimum absolute atomic E-state index is 0.0263. The highest BCUT2D eigenvalue weighted by molar-refractivity contribution is 6.02. The van der Waals surface area contributed by atoms with Gasteiger partial charge in [-0.15, -0.1) is 0 Å². The Hall–Kier alpha value is -2.24. The Bertz CT molecular complexity index is 624. The quantitative estimate of drug-likeness (QED) is 0.288. The first-order chi connectivity index (χ1) is 13.0. The molecule has 0 aromatic heterocycles. The number of ether oxygens (including phenoxy) is 4. The first kappa shape index (κ1) is 22.8. The van der Waals surface area contributed by atoms with E-state index in [4.69, 9.17) is 18.9 Å². The fourth-order valence-corrected chi connectivity index (χ4v) is 3.03. The maximum atomic E-state index is 13.0. The second kappa shape index (κ2) is 12.2. The first-order valence-electron chi connectivity index (χ1n) is 9.54. The van der Waals surface area contributed by atoms with Gasteiger partial charge in [-0.3, -0.25) is 9.59 Å². The maximum Gasteiger partial charge on any atom is 0.310 e. The second-order valence-corrected chi connectivity index (χ2v) is 6.25. The lowest BCUT2D eigenvalue weighted by molar-refractivity contribution is -0.142. The van der Waals surface area contributed by atoms with Crippen LogP contribution in [0.15, 0.2) is 6.07 Å². The Kier molecular flexibility index (Phi) is 10.3. The second-order valence-electron chi connectivity index (χ2n) is 6.25. The van der Waals surface area contributed by atoms with Gasteiger partial charge in [-0.2, -0.15) is 0 Å². The molecule has 0 heterocycles. The largest absolute Gasteiger partial charge is 0.493 e. The van der Waals surface area contributed by atoms with Crippen molar-refractivity contribution < 1.29 is 28.5 Å². The zero-order valence-electron chi connectivity index (χ0n) is 17.2. The summed E-state index contributed by atoms with van der Waals surface area (Å²) in [6.45, 7) is 4.18. The van der Waals surface area contributed by atoms with Crippen LogP contribution in [-0.4, -0.2) is 39.7 Å². The third-order valence-corrected chi connectivity index (χ3v) is 4.34. The summed E-state index contributed by atoms with van der Waals surface area (Å²) in [6, 6.07) is 1.66. The van der Waals surface area contributed by atoms with Gasteiger partial charge in [0, 0.05) is 6.42 Å². The molecule has 0 bridgehead atoms. The molecule has 0 fully saturated rings. The molecule has 0 aliphatic carbocycles. The topological polar surface area (TPSA) is 71.1 Å². The van der Waals surface area contributed by atoms with Gasteiger partial charge in [0.2, 0.25) is 5.75 Å². The number of benzene rings is 1. The van der Waals surface area contributed by atoms with Crippen LogP contribution in [-0.2, 0) is 16.0 Å². The summed E-state index contributed by atoms with van der Waals surface area (Å²) in [4.78, 5) is 25.0. The van der Waals surface area contributed by atoms with Gasteiger partial charge in [-0.25, -0.2) is 0 Å². The monoisotopic (exact) mass is 380 g/mol. The number of esters is 1. The predicted octanol–water partition coefficient (Wildman–Crippen LogP) is 4.36. The normalized spacial score (nSPS) is 10.4. The van der Waals surface area contributed by atoms with Gasteiger partial charge in [-0.05, 0) is 25.0 Å². The molecule has 6 nitrogen and oxygen atoms in total. The number of carbonyl (C=O) groups is 2. The summed E-state index contributed by atoms with van der Waals surface area (Å²) in [6.07, 6.45) is 5.61. The molecule has 0 saturated heterocycles. The molecular formula is C21H32O6. The van der Waals surface area contributed by atoms with Crippen molar-refractivity contribution in [2.75, 3.05) is 27.9 Å². The molecule has 152 valence electrons. The summed E-state index contributed by atoms with van der Waals surface area (Å²) in [5.41, 5.74) is 0.903.